The van der Waals surface area contributed by atoms with Crippen molar-refractivity contribution < 1.29 is 18.7 Å². The van der Waals surface area contributed by atoms with Crippen LogP contribution in [0.1, 0.15) is 75.5 Å². The van der Waals surface area contributed by atoms with E-state index in [4.69, 9.17) is 13.9 Å². The summed E-state index contributed by atoms with van der Waals surface area (Å²) < 4.78 is 15.8. The van der Waals surface area contributed by atoms with Crippen LogP contribution in [0.25, 0.3) is 11.4 Å². The maximum atomic E-state index is 12.0. The van der Waals surface area contributed by atoms with E-state index in [1.165, 1.54) is 50.1 Å². The van der Waals surface area contributed by atoms with Crippen molar-refractivity contribution >= 4 is 6.16 Å². The first kappa shape index (κ1) is 22.1. The Morgan fingerprint density at radius 1 is 0.969 bits per heavy atom. The lowest BCUT2D eigenvalue weighted by atomic mass is 9.84. The number of hydrogen-bond acceptors (Lipinski definition) is 6. The molecule has 0 N–H and O–H groups in total. The van der Waals surface area contributed by atoms with Gasteiger partial charge in [0.15, 0.2) is 11.6 Å². The van der Waals surface area contributed by atoms with E-state index in [0.29, 0.717) is 11.7 Å². The molecule has 0 unspecified atom stereocenters. The number of carbonyl (C=O) groups is 1. The maximum Gasteiger partial charge on any atom is 0.521 e. The second-order valence-electron chi connectivity index (χ2n) is 8.33. The number of rotatable bonds is 8. The number of ether oxygens (including phenoxy) is 2. The van der Waals surface area contributed by atoms with Crippen molar-refractivity contribution in [1.29, 1.82) is 0 Å². The molecule has 1 fully saturated rings. The summed E-state index contributed by atoms with van der Waals surface area (Å²) in [6.45, 7) is 2.15. The number of hydrogen-bond donors (Lipinski definition) is 0. The van der Waals surface area contributed by atoms with E-state index in [1.54, 1.807) is 6.07 Å². The van der Waals surface area contributed by atoms with Gasteiger partial charge >= 0.3 is 6.16 Å². The number of benzene rings is 1. The summed E-state index contributed by atoms with van der Waals surface area (Å²) in [4.78, 5) is 20.7. The van der Waals surface area contributed by atoms with E-state index in [-0.39, 0.29) is 11.7 Å². The summed E-state index contributed by atoms with van der Waals surface area (Å²) in [6.07, 6.45) is 12.7. The van der Waals surface area contributed by atoms with Gasteiger partial charge in [0.2, 0.25) is 0 Å². The van der Waals surface area contributed by atoms with Crippen molar-refractivity contribution in [2.24, 2.45) is 0 Å². The Labute approximate surface area is 189 Å². The van der Waals surface area contributed by atoms with Gasteiger partial charge in [-0.25, -0.2) is 14.8 Å². The maximum absolute atomic E-state index is 12.0. The molecular formula is C26H30N2O4. The third-order valence-electron chi connectivity index (χ3n) is 5.92. The zero-order valence-electron chi connectivity index (χ0n) is 18.6. The first-order chi connectivity index (χ1) is 15.7. The lowest BCUT2D eigenvalue weighted by Crippen LogP contribution is -2.13. The number of aryl methyl sites for hydroxylation is 1. The predicted molar refractivity (Wildman–Crippen MR) is 122 cm³/mol. The normalized spacial score (nSPS) is 14.3. The minimum absolute atomic E-state index is 0.122. The van der Waals surface area contributed by atoms with Gasteiger partial charge in [0.05, 0.1) is 12.4 Å². The molecule has 3 aromatic rings. The van der Waals surface area contributed by atoms with Gasteiger partial charge < -0.3 is 13.9 Å². The van der Waals surface area contributed by atoms with Crippen LogP contribution in [0.3, 0.4) is 0 Å². The Bertz CT molecular complexity index is 989. The molecule has 0 amide bonds. The topological polar surface area (TPSA) is 74.5 Å². The first-order valence-electron chi connectivity index (χ1n) is 11.6. The van der Waals surface area contributed by atoms with Crippen LogP contribution in [0.15, 0.2) is 53.2 Å². The minimum Gasteiger partial charge on any atom is -0.430 e. The fraction of sp³-hybridized carbons (Fsp3) is 0.423. The lowest BCUT2D eigenvalue weighted by Gasteiger charge is -2.22. The molecular weight excluding hydrogens is 404 g/mol. The third-order valence-corrected chi connectivity index (χ3v) is 5.92. The van der Waals surface area contributed by atoms with Crippen molar-refractivity contribution in [3.63, 3.8) is 0 Å². The summed E-state index contributed by atoms with van der Waals surface area (Å²) >= 11 is 0. The molecule has 2 heterocycles. The molecule has 6 heteroatoms. The zero-order valence-corrected chi connectivity index (χ0v) is 18.6. The Hall–Kier alpha value is -3.15. The van der Waals surface area contributed by atoms with Crippen molar-refractivity contribution in [1.82, 2.24) is 9.97 Å². The molecule has 1 aliphatic carbocycles. The van der Waals surface area contributed by atoms with Gasteiger partial charge in [-0.3, -0.25) is 0 Å². The standard InChI is InChI=1S/C26H30N2O4/c1-2-3-5-10-22-15-16-24(30-22)32-26(29)31-23-17-27-25(28-18-23)21-13-11-20(12-14-21)19-8-6-4-7-9-19/h11-19H,2-10H2,1H3. The van der Waals surface area contributed by atoms with E-state index in [0.717, 1.165) is 37.0 Å². The Morgan fingerprint density at radius 2 is 1.72 bits per heavy atom. The second kappa shape index (κ2) is 10.9. The Morgan fingerprint density at radius 3 is 2.44 bits per heavy atom. The molecule has 1 saturated carbocycles. The summed E-state index contributed by atoms with van der Waals surface area (Å²) in [5.41, 5.74) is 2.33. The van der Waals surface area contributed by atoms with E-state index in [2.05, 4.69) is 41.2 Å². The average molecular weight is 435 g/mol. The van der Waals surface area contributed by atoms with Gasteiger partial charge in [0, 0.05) is 18.1 Å². The Kier molecular flexibility index (Phi) is 7.54. The lowest BCUT2D eigenvalue weighted by molar-refractivity contribution is 0.139. The van der Waals surface area contributed by atoms with E-state index >= 15 is 0 Å². The predicted octanol–water partition coefficient (Wildman–Crippen LogP) is 7.09. The van der Waals surface area contributed by atoms with E-state index < -0.39 is 6.16 Å². The van der Waals surface area contributed by atoms with Crippen LogP contribution in [0, 0.1) is 0 Å². The molecule has 32 heavy (non-hydrogen) atoms. The number of carbonyl (C=O) groups excluding carboxylic acids is 1. The van der Waals surface area contributed by atoms with Crippen LogP contribution in [-0.4, -0.2) is 16.1 Å². The quantitative estimate of drug-likeness (QED) is 0.278. The van der Waals surface area contributed by atoms with Crippen molar-refractivity contribution in [3.8, 4) is 23.1 Å². The van der Waals surface area contributed by atoms with Gasteiger partial charge in [-0.05, 0) is 36.8 Å². The molecule has 0 saturated heterocycles. The monoisotopic (exact) mass is 434 g/mol. The SMILES string of the molecule is CCCCCc1ccc(OC(=O)Oc2cnc(-c3ccc(C4CCCCC4)cc3)nc2)o1. The van der Waals surface area contributed by atoms with E-state index in [1.807, 2.05) is 6.07 Å². The number of furan rings is 1. The van der Waals surface area contributed by atoms with Crippen LogP contribution < -0.4 is 9.47 Å². The highest BCUT2D eigenvalue weighted by molar-refractivity contribution is 5.66. The average Bonchev–Trinajstić information content (AvgIpc) is 3.27. The first-order valence-corrected chi connectivity index (χ1v) is 11.6. The molecule has 0 bridgehead atoms. The Balaban J connectivity index is 1.30. The molecule has 6 nitrogen and oxygen atoms in total. The number of unbranched alkanes of at least 4 members (excludes halogenated alkanes) is 2. The molecule has 4 rings (SSSR count). The zero-order chi connectivity index (χ0) is 22.2. The van der Waals surface area contributed by atoms with E-state index in [9.17, 15) is 4.79 Å². The van der Waals surface area contributed by atoms with Crippen molar-refractivity contribution in [2.75, 3.05) is 0 Å². The summed E-state index contributed by atoms with van der Waals surface area (Å²) in [7, 11) is 0. The highest BCUT2D eigenvalue weighted by atomic mass is 16.8. The minimum atomic E-state index is -0.882. The molecule has 1 aliphatic rings. The fourth-order valence-electron chi connectivity index (χ4n) is 4.15. The molecule has 0 spiro atoms. The van der Waals surface area contributed by atoms with Crippen LogP contribution in [0.4, 0.5) is 4.79 Å². The molecule has 1 aromatic carbocycles. The highest BCUT2D eigenvalue weighted by Crippen LogP contribution is 2.33. The molecule has 2 aromatic heterocycles. The third kappa shape index (κ3) is 5.96. The van der Waals surface area contributed by atoms with Crippen molar-refractivity contribution in [3.05, 3.63) is 60.1 Å². The fourth-order valence-corrected chi connectivity index (χ4v) is 4.15. The summed E-state index contributed by atoms with van der Waals surface area (Å²) in [5, 5.41) is 0. The van der Waals surface area contributed by atoms with Gasteiger partial charge in [-0.2, -0.15) is 0 Å². The van der Waals surface area contributed by atoms with Gasteiger partial charge in [-0.1, -0.05) is 63.3 Å². The van der Waals surface area contributed by atoms with Gasteiger partial charge in [0.25, 0.3) is 5.95 Å². The van der Waals surface area contributed by atoms with Gasteiger partial charge in [-0.15, -0.1) is 0 Å². The van der Waals surface area contributed by atoms with Crippen LogP contribution >= 0.6 is 0 Å². The summed E-state index contributed by atoms with van der Waals surface area (Å²) in [5.74, 6) is 2.39. The largest absolute Gasteiger partial charge is 0.521 e. The van der Waals surface area contributed by atoms with Crippen LogP contribution in [0.2, 0.25) is 0 Å². The number of aromatic nitrogens is 2. The second-order valence-corrected chi connectivity index (χ2v) is 8.33. The van der Waals surface area contributed by atoms with Gasteiger partial charge in [0.1, 0.15) is 5.76 Å². The molecule has 0 atom stereocenters. The molecule has 0 radical (unpaired) electrons. The summed E-state index contributed by atoms with van der Waals surface area (Å²) in [6, 6.07) is 11.9. The molecule has 0 aliphatic heterocycles. The van der Waals surface area contributed by atoms with Crippen LogP contribution in [-0.2, 0) is 6.42 Å². The van der Waals surface area contributed by atoms with Crippen molar-refractivity contribution in [2.45, 2.75) is 70.6 Å². The number of nitrogens with zero attached hydrogens (tertiary/aromatic N) is 2. The van der Waals surface area contributed by atoms with Crippen LogP contribution in [0.5, 0.6) is 11.7 Å². The molecule has 168 valence electrons. The highest BCUT2D eigenvalue weighted by Gasteiger charge is 2.16. The smallest absolute Gasteiger partial charge is 0.430 e.